The standard InChI is InChI=1S/C26H27N3O3/c1-23(2)10-8-15-17(32-23)7-6-14-16-12-26-18(24(3,4)20(16)27-19(14)15)13-25(21(30)28-26)9-5-11-29(25)22(26)31/h6-8,10,12,18H,5,9,11,13H2,1-4H3,(H,28,30)/t18?,25?,26-/m0/s1. The van der Waals surface area contributed by atoms with E-state index in [1.807, 2.05) is 30.9 Å². The van der Waals surface area contributed by atoms with Gasteiger partial charge in [-0.1, -0.05) is 13.8 Å². The molecule has 2 bridgehead atoms. The quantitative estimate of drug-likeness (QED) is 0.685. The average molecular weight is 430 g/mol. The Labute approximate surface area is 187 Å². The Morgan fingerprint density at radius 2 is 2.00 bits per heavy atom. The van der Waals surface area contributed by atoms with E-state index in [4.69, 9.17) is 9.73 Å². The van der Waals surface area contributed by atoms with Crippen molar-refractivity contribution in [2.45, 2.75) is 63.6 Å². The molecule has 4 fully saturated rings. The van der Waals surface area contributed by atoms with Crippen LogP contribution in [0.4, 0.5) is 5.69 Å². The van der Waals surface area contributed by atoms with Gasteiger partial charge in [0.05, 0.1) is 11.4 Å². The number of nitrogens with one attached hydrogen (secondary N) is 1. The maximum atomic E-state index is 13.9. The molecule has 0 radical (unpaired) electrons. The van der Waals surface area contributed by atoms with Crippen molar-refractivity contribution in [1.29, 1.82) is 0 Å². The Hall–Kier alpha value is -2.89. The van der Waals surface area contributed by atoms with Gasteiger partial charge in [-0.05, 0) is 63.5 Å². The lowest BCUT2D eigenvalue weighted by Gasteiger charge is -2.63. The van der Waals surface area contributed by atoms with Crippen molar-refractivity contribution in [3.8, 4) is 5.75 Å². The number of piperazine rings is 1. The molecule has 6 heteroatoms. The number of rotatable bonds is 0. The lowest BCUT2D eigenvalue weighted by molar-refractivity contribution is -0.174. The van der Waals surface area contributed by atoms with E-state index in [2.05, 4.69) is 37.4 Å². The summed E-state index contributed by atoms with van der Waals surface area (Å²) in [7, 11) is 0. The van der Waals surface area contributed by atoms with Crippen LogP contribution in [-0.4, -0.2) is 45.6 Å². The molecule has 6 aliphatic heterocycles. The monoisotopic (exact) mass is 429 g/mol. The predicted molar refractivity (Wildman–Crippen MR) is 122 cm³/mol. The number of hydrogen-bond donors (Lipinski definition) is 1. The van der Waals surface area contributed by atoms with Gasteiger partial charge in [0.25, 0.3) is 5.91 Å². The summed E-state index contributed by atoms with van der Waals surface area (Å²) in [6.45, 7) is 9.13. The zero-order chi connectivity index (χ0) is 22.3. The first kappa shape index (κ1) is 18.7. The topological polar surface area (TPSA) is 71.0 Å². The van der Waals surface area contributed by atoms with Crippen LogP contribution in [0, 0.1) is 11.3 Å². The number of carbonyl (C=O) groups excluding carboxylic acids is 2. The predicted octanol–water partition coefficient (Wildman–Crippen LogP) is 3.63. The molecular weight excluding hydrogens is 402 g/mol. The fraction of sp³-hybridized carbons (Fsp3) is 0.500. The molecule has 1 N–H and O–H groups in total. The summed E-state index contributed by atoms with van der Waals surface area (Å²) in [6.07, 6.45) is 8.53. The van der Waals surface area contributed by atoms with Gasteiger partial charge in [0.15, 0.2) is 0 Å². The van der Waals surface area contributed by atoms with E-state index in [9.17, 15) is 9.59 Å². The molecule has 1 aliphatic carbocycles. The highest BCUT2D eigenvalue weighted by molar-refractivity contribution is 6.34. The van der Waals surface area contributed by atoms with Crippen molar-refractivity contribution in [2.75, 3.05) is 6.54 Å². The SMILES string of the molecule is CC1(C)C=Cc2c(ccc3c2N=C2C3=C[C@@]34NC(=O)C5(CCCN5C3=O)CC4C2(C)C)O1. The first-order valence-corrected chi connectivity index (χ1v) is 11.6. The molecule has 2 unspecified atom stereocenters. The van der Waals surface area contributed by atoms with Crippen molar-refractivity contribution in [3.05, 3.63) is 35.4 Å². The Morgan fingerprint density at radius 1 is 1.19 bits per heavy atom. The van der Waals surface area contributed by atoms with Crippen LogP contribution >= 0.6 is 0 Å². The fourth-order valence-corrected chi connectivity index (χ4v) is 7.16. The third-order valence-corrected chi connectivity index (χ3v) is 8.75. The largest absolute Gasteiger partial charge is 0.483 e. The fourth-order valence-electron chi connectivity index (χ4n) is 7.16. The molecule has 32 heavy (non-hydrogen) atoms. The van der Waals surface area contributed by atoms with Crippen LogP contribution in [0.5, 0.6) is 5.75 Å². The van der Waals surface area contributed by atoms with Crippen LogP contribution in [-0.2, 0) is 9.59 Å². The van der Waals surface area contributed by atoms with E-state index in [0.717, 1.165) is 46.7 Å². The number of ether oxygens (including phenoxy) is 1. The Balaban J connectivity index is 1.46. The smallest absolute Gasteiger partial charge is 0.253 e. The zero-order valence-corrected chi connectivity index (χ0v) is 18.9. The highest BCUT2D eigenvalue weighted by atomic mass is 16.5. The van der Waals surface area contributed by atoms with Crippen LogP contribution in [0.2, 0.25) is 0 Å². The van der Waals surface area contributed by atoms with E-state index >= 15 is 0 Å². The summed E-state index contributed by atoms with van der Waals surface area (Å²) in [6, 6.07) is 4.06. The van der Waals surface area contributed by atoms with E-state index in [1.54, 1.807) is 0 Å². The molecule has 6 nitrogen and oxygen atoms in total. The second-order valence-corrected chi connectivity index (χ2v) is 11.3. The average Bonchev–Trinajstić information content (AvgIpc) is 3.32. The van der Waals surface area contributed by atoms with Crippen LogP contribution in [0.1, 0.15) is 58.1 Å². The number of benzene rings is 1. The second-order valence-electron chi connectivity index (χ2n) is 11.3. The molecule has 2 amide bonds. The maximum Gasteiger partial charge on any atom is 0.253 e. The van der Waals surface area contributed by atoms with Crippen molar-refractivity contribution < 1.29 is 14.3 Å². The number of carbonyl (C=O) groups is 2. The molecule has 1 aromatic carbocycles. The van der Waals surface area contributed by atoms with E-state index < -0.39 is 11.1 Å². The van der Waals surface area contributed by atoms with Gasteiger partial charge in [-0.3, -0.25) is 14.6 Å². The summed E-state index contributed by atoms with van der Waals surface area (Å²) >= 11 is 0. The number of piperidine rings is 2. The van der Waals surface area contributed by atoms with Gasteiger partial charge in [0.1, 0.15) is 22.4 Å². The summed E-state index contributed by atoms with van der Waals surface area (Å²) in [5, 5.41) is 3.22. The molecule has 0 aromatic heterocycles. The van der Waals surface area contributed by atoms with Gasteiger partial charge < -0.3 is 15.0 Å². The maximum absolute atomic E-state index is 13.9. The summed E-state index contributed by atoms with van der Waals surface area (Å²) in [4.78, 5) is 34.2. The van der Waals surface area contributed by atoms with Gasteiger partial charge in [-0.15, -0.1) is 0 Å². The van der Waals surface area contributed by atoms with Crippen LogP contribution in [0.15, 0.2) is 29.3 Å². The molecule has 8 rings (SSSR count). The van der Waals surface area contributed by atoms with Crippen LogP contribution < -0.4 is 10.1 Å². The lowest BCUT2D eigenvalue weighted by Crippen LogP contribution is -2.83. The van der Waals surface area contributed by atoms with Gasteiger partial charge in [0, 0.05) is 34.6 Å². The minimum absolute atomic E-state index is 0.0149. The molecule has 164 valence electrons. The van der Waals surface area contributed by atoms with E-state index in [1.165, 1.54) is 0 Å². The third-order valence-electron chi connectivity index (χ3n) is 8.75. The number of amides is 2. The highest BCUT2D eigenvalue weighted by Gasteiger charge is 2.72. The van der Waals surface area contributed by atoms with E-state index in [-0.39, 0.29) is 28.7 Å². The number of nitrogens with zero attached hydrogens (tertiary/aromatic N) is 2. The van der Waals surface area contributed by atoms with Crippen molar-refractivity contribution >= 4 is 34.9 Å². The third kappa shape index (κ3) is 1.88. The number of allylic oxidation sites excluding steroid dienone is 1. The Morgan fingerprint density at radius 3 is 2.81 bits per heavy atom. The van der Waals surface area contributed by atoms with Gasteiger partial charge in [-0.2, -0.15) is 0 Å². The zero-order valence-electron chi connectivity index (χ0n) is 18.9. The van der Waals surface area contributed by atoms with E-state index in [0.29, 0.717) is 13.0 Å². The number of hydrogen-bond acceptors (Lipinski definition) is 4. The van der Waals surface area contributed by atoms with Crippen molar-refractivity contribution in [2.24, 2.45) is 16.3 Å². The van der Waals surface area contributed by atoms with Crippen LogP contribution in [0.3, 0.4) is 0 Å². The summed E-state index contributed by atoms with van der Waals surface area (Å²) < 4.78 is 6.18. The molecule has 1 aromatic rings. The molecule has 0 saturated carbocycles. The van der Waals surface area contributed by atoms with Gasteiger partial charge in [0.2, 0.25) is 5.91 Å². The number of aliphatic imine (C=N–C) groups is 1. The summed E-state index contributed by atoms with van der Waals surface area (Å²) in [5.41, 5.74) is 2.51. The van der Waals surface area contributed by atoms with Crippen molar-refractivity contribution in [3.63, 3.8) is 0 Å². The molecule has 2 spiro atoms. The summed E-state index contributed by atoms with van der Waals surface area (Å²) in [5.74, 6) is 0.883. The lowest BCUT2D eigenvalue weighted by atomic mass is 9.52. The molecule has 4 saturated heterocycles. The minimum atomic E-state index is -0.993. The molecule has 7 aliphatic rings. The highest BCUT2D eigenvalue weighted by Crippen LogP contribution is 2.61. The Bertz CT molecular complexity index is 1250. The molecule has 6 heterocycles. The molecular formula is C26H27N3O3. The Kier molecular flexibility index (Phi) is 3.02. The second kappa shape index (κ2) is 5.19. The normalized spacial score (nSPS) is 36.2. The van der Waals surface area contributed by atoms with Crippen LogP contribution in [0.25, 0.3) is 11.6 Å². The minimum Gasteiger partial charge on any atom is -0.483 e. The van der Waals surface area contributed by atoms with Gasteiger partial charge >= 0.3 is 0 Å². The van der Waals surface area contributed by atoms with Crippen molar-refractivity contribution in [1.82, 2.24) is 10.2 Å². The first-order valence-electron chi connectivity index (χ1n) is 11.6. The number of fused-ring (bicyclic) bond motifs is 6. The molecule has 3 atom stereocenters. The first-order chi connectivity index (χ1) is 15.1. The van der Waals surface area contributed by atoms with Gasteiger partial charge in [-0.25, -0.2) is 0 Å².